The molecule has 0 fully saturated rings. The fourth-order valence-electron chi connectivity index (χ4n) is 1.23. The van der Waals surface area contributed by atoms with Gasteiger partial charge in [-0.1, -0.05) is 30.3 Å². The van der Waals surface area contributed by atoms with Crippen LogP contribution in [0.3, 0.4) is 0 Å². The zero-order valence-corrected chi connectivity index (χ0v) is 9.14. The summed E-state index contributed by atoms with van der Waals surface area (Å²) in [6.45, 7) is 5.67. The molecule has 0 saturated heterocycles. The average molecular weight is 209 g/mol. The predicted octanol–water partition coefficient (Wildman–Crippen LogP) is 3.94. The van der Waals surface area contributed by atoms with E-state index < -0.39 is 0 Å². The first-order chi connectivity index (χ1) is 6.69. The molecule has 0 saturated carbocycles. The summed E-state index contributed by atoms with van der Waals surface area (Å²) in [4.78, 5) is 0. The molecule has 1 aromatic rings. The van der Waals surface area contributed by atoms with Gasteiger partial charge in [-0.3, -0.25) is 0 Å². The zero-order valence-electron chi connectivity index (χ0n) is 8.38. The number of benzene rings is 1. The highest BCUT2D eigenvalue weighted by atomic mass is 35.5. The molecular weight excluding hydrogens is 196 g/mol. The van der Waals surface area contributed by atoms with Gasteiger partial charge in [-0.2, -0.15) is 0 Å². The molecule has 0 atom stereocenters. The molecule has 0 radical (unpaired) electrons. The van der Waals surface area contributed by atoms with Crippen molar-refractivity contribution in [2.45, 2.75) is 6.92 Å². The molecule has 1 rings (SSSR count). The molecule has 0 spiro atoms. The molecular formula is C12H13ClO. The normalized spacial score (nSPS) is 10.5. The summed E-state index contributed by atoms with van der Waals surface area (Å²) in [6, 6.07) is 5.71. The lowest BCUT2D eigenvalue weighted by molar-refractivity contribution is 0.414. The van der Waals surface area contributed by atoms with Gasteiger partial charge in [0.1, 0.15) is 5.75 Å². The Kier molecular flexibility index (Phi) is 3.78. The van der Waals surface area contributed by atoms with Gasteiger partial charge in [0.2, 0.25) is 0 Å². The number of halogens is 1. The smallest absolute Gasteiger partial charge is 0.119 e. The van der Waals surface area contributed by atoms with Gasteiger partial charge >= 0.3 is 0 Å². The Morgan fingerprint density at radius 2 is 2.21 bits per heavy atom. The molecule has 0 unspecified atom stereocenters. The molecule has 0 aromatic heterocycles. The monoisotopic (exact) mass is 208 g/mol. The number of hydrogen-bond donors (Lipinski definition) is 0. The van der Waals surface area contributed by atoms with Crippen LogP contribution in [0.1, 0.15) is 18.1 Å². The molecule has 1 aromatic carbocycles. The van der Waals surface area contributed by atoms with Gasteiger partial charge in [0, 0.05) is 5.03 Å². The molecule has 2 heteroatoms. The van der Waals surface area contributed by atoms with Crippen LogP contribution in [0.4, 0.5) is 0 Å². The number of hydrogen-bond acceptors (Lipinski definition) is 1. The minimum absolute atomic E-state index is 0.542. The van der Waals surface area contributed by atoms with Crippen molar-refractivity contribution in [1.82, 2.24) is 0 Å². The lowest BCUT2D eigenvalue weighted by Crippen LogP contribution is -1.87. The summed E-state index contributed by atoms with van der Waals surface area (Å²) in [6.07, 6.45) is 3.93. The Labute approximate surface area is 89.7 Å². The van der Waals surface area contributed by atoms with Crippen LogP contribution in [-0.2, 0) is 0 Å². The van der Waals surface area contributed by atoms with E-state index in [1.54, 1.807) is 7.11 Å². The maximum absolute atomic E-state index is 5.87. The molecule has 0 aliphatic heterocycles. The molecule has 0 aliphatic carbocycles. The van der Waals surface area contributed by atoms with Gasteiger partial charge in [0.25, 0.3) is 0 Å². The van der Waals surface area contributed by atoms with Crippen LogP contribution in [0.5, 0.6) is 5.75 Å². The highest BCUT2D eigenvalue weighted by Gasteiger charge is 2.03. The second-order valence-corrected chi connectivity index (χ2v) is 3.31. The third-order valence-electron chi connectivity index (χ3n) is 1.90. The molecule has 0 heterocycles. The topological polar surface area (TPSA) is 9.23 Å². The van der Waals surface area contributed by atoms with Gasteiger partial charge in [-0.15, -0.1) is 0 Å². The van der Waals surface area contributed by atoms with E-state index >= 15 is 0 Å². The summed E-state index contributed by atoms with van der Waals surface area (Å²) < 4.78 is 5.13. The van der Waals surface area contributed by atoms with E-state index in [0.29, 0.717) is 5.03 Å². The highest BCUT2D eigenvalue weighted by Crippen LogP contribution is 2.26. The average Bonchev–Trinajstić information content (AvgIpc) is 2.17. The summed E-state index contributed by atoms with van der Waals surface area (Å²) in [5.41, 5.74) is 1.96. The van der Waals surface area contributed by atoms with Crippen LogP contribution < -0.4 is 4.74 Å². The van der Waals surface area contributed by atoms with Crippen molar-refractivity contribution in [3.8, 4) is 5.75 Å². The fourth-order valence-corrected chi connectivity index (χ4v) is 1.40. The Bertz CT molecular complexity index is 367. The number of rotatable bonds is 3. The summed E-state index contributed by atoms with van der Waals surface area (Å²) in [5, 5.41) is 0.542. The van der Waals surface area contributed by atoms with Crippen molar-refractivity contribution in [3.63, 3.8) is 0 Å². The zero-order chi connectivity index (χ0) is 10.6. The summed E-state index contributed by atoms with van der Waals surface area (Å²) in [5.74, 6) is 0.819. The molecule has 0 amide bonds. The Morgan fingerprint density at radius 3 is 2.71 bits per heavy atom. The third kappa shape index (κ3) is 2.39. The fraction of sp³-hybridized carbons (Fsp3) is 0.167. The van der Waals surface area contributed by atoms with Crippen LogP contribution in [0, 0.1) is 0 Å². The van der Waals surface area contributed by atoms with Gasteiger partial charge in [-0.25, -0.2) is 0 Å². The van der Waals surface area contributed by atoms with Gasteiger partial charge in [-0.05, 0) is 36.2 Å². The lowest BCUT2D eigenvalue weighted by Gasteiger charge is -2.06. The summed E-state index contributed by atoms with van der Waals surface area (Å²) in [7, 11) is 1.64. The summed E-state index contributed by atoms with van der Waals surface area (Å²) >= 11 is 5.87. The maximum atomic E-state index is 5.87. The predicted molar refractivity (Wildman–Crippen MR) is 62.6 cm³/mol. The molecule has 1 nitrogen and oxygen atoms in total. The van der Waals surface area contributed by atoms with Crippen LogP contribution in [-0.4, -0.2) is 7.11 Å². The first kappa shape index (κ1) is 10.9. The Hall–Kier alpha value is -1.21. The van der Waals surface area contributed by atoms with E-state index in [1.807, 2.05) is 37.3 Å². The van der Waals surface area contributed by atoms with Crippen molar-refractivity contribution >= 4 is 22.7 Å². The SMILES string of the molecule is C=C(Cl)c1ccc(OC)cc1/C=C\C. The second kappa shape index (κ2) is 4.87. The molecule has 14 heavy (non-hydrogen) atoms. The van der Waals surface area contributed by atoms with E-state index in [1.165, 1.54) is 0 Å². The van der Waals surface area contributed by atoms with Crippen molar-refractivity contribution in [2.24, 2.45) is 0 Å². The van der Waals surface area contributed by atoms with Gasteiger partial charge < -0.3 is 4.74 Å². The van der Waals surface area contributed by atoms with E-state index in [2.05, 4.69) is 6.58 Å². The van der Waals surface area contributed by atoms with Crippen LogP contribution in [0.2, 0.25) is 0 Å². The Balaban J connectivity index is 3.23. The second-order valence-electron chi connectivity index (χ2n) is 2.86. The number of ether oxygens (including phenoxy) is 1. The Morgan fingerprint density at radius 1 is 1.50 bits per heavy atom. The minimum Gasteiger partial charge on any atom is -0.497 e. The number of methoxy groups -OCH3 is 1. The third-order valence-corrected chi connectivity index (χ3v) is 2.10. The molecule has 0 bridgehead atoms. The molecule has 0 aliphatic rings. The van der Waals surface area contributed by atoms with Crippen LogP contribution in [0.25, 0.3) is 11.1 Å². The quantitative estimate of drug-likeness (QED) is 0.731. The van der Waals surface area contributed by atoms with Crippen LogP contribution >= 0.6 is 11.6 Å². The highest BCUT2D eigenvalue weighted by molar-refractivity contribution is 6.48. The number of allylic oxidation sites excluding steroid dienone is 1. The lowest BCUT2D eigenvalue weighted by atomic mass is 10.1. The molecule has 0 N–H and O–H groups in total. The van der Waals surface area contributed by atoms with Crippen LogP contribution in [0.15, 0.2) is 30.9 Å². The minimum atomic E-state index is 0.542. The van der Waals surface area contributed by atoms with E-state index in [9.17, 15) is 0 Å². The van der Waals surface area contributed by atoms with E-state index in [4.69, 9.17) is 16.3 Å². The standard InChI is InChI=1S/C12H13ClO/c1-4-5-10-8-11(14-3)6-7-12(10)9(2)13/h4-8H,2H2,1,3H3/b5-4-. The molecule has 74 valence electrons. The van der Waals surface area contributed by atoms with Crippen molar-refractivity contribution < 1.29 is 4.74 Å². The largest absolute Gasteiger partial charge is 0.497 e. The van der Waals surface area contributed by atoms with Crippen molar-refractivity contribution in [3.05, 3.63) is 42.0 Å². The van der Waals surface area contributed by atoms with E-state index in [-0.39, 0.29) is 0 Å². The first-order valence-electron chi connectivity index (χ1n) is 4.34. The van der Waals surface area contributed by atoms with E-state index in [0.717, 1.165) is 16.9 Å². The van der Waals surface area contributed by atoms with Crippen molar-refractivity contribution in [1.29, 1.82) is 0 Å². The van der Waals surface area contributed by atoms with Gasteiger partial charge in [0.15, 0.2) is 0 Å². The maximum Gasteiger partial charge on any atom is 0.119 e. The van der Waals surface area contributed by atoms with Gasteiger partial charge in [0.05, 0.1) is 7.11 Å². The first-order valence-corrected chi connectivity index (χ1v) is 4.72. The van der Waals surface area contributed by atoms with Crippen molar-refractivity contribution in [2.75, 3.05) is 7.11 Å².